The van der Waals surface area contributed by atoms with E-state index in [1.165, 1.54) is 24.5 Å². The number of piperidine rings is 1. The Morgan fingerprint density at radius 1 is 1.22 bits per heavy atom. The van der Waals surface area contributed by atoms with Crippen molar-refractivity contribution < 1.29 is 14.0 Å². The first-order valence-electron chi connectivity index (χ1n) is 11.8. The molecule has 0 aliphatic carbocycles. The molecule has 1 aliphatic heterocycles. The normalized spacial score (nSPS) is 17.5. The van der Waals surface area contributed by atoms with Gasteiger partial charge in [0.1, 0.15) is 29.5 Å². The lowest BCUT2D eigenvalue weighted by Gasteiger charge is -2.39. The molecule has 37 heavy (non-hydrogen) atoms. The summed E-state index contributed by atoms with van der Waals surface area (Å²) in [5.74, 6) is -0.787. The van der Waals surface area contributed by atoms with Crippen LogP contribution in [0.1, 0.15) is 36.2 Å². The summed E-state index contributed by atoms with van der Waals surface area (Å²) in [7, 11) is 0. The zero-order valence-electron chi connectivity index (χ0n) is 20.1. The number of amides is 2. The number of hydrogen-bond donors (Lipinski definition) is 2. The van der Waals surface area contributed by atoms with Gasteiger partial charge in [0.15, 0.2) is 5.65 Å². The zero-order chi connectivity index (χ0) is 26.1. The summed E-state index contributed by atoms with van der Waals surface area (Å²) in [4.78, 5) is 39.3. The third kappa shape index (κ3) is 4.39. The van der Waals surface area contributed by atoms with Crippen molar-refractivity contribution in [2.75, 3.05) is 17.6 Å². The van der Waals surface area contributed by atoms with Crippen molar-refractivity contribution in [3.8, 4) is 11.3 Å². The van der Waals surface area contributed by atoms with Crippen molar-refractivity contribution in [2.24, 2.45) is 0 Å². The van der Waals surface area contributed by atoms with E-state index < -0.39 is 11.7 Å². The Kier molecular flexibility index (Phi) is 6.34. The number of nitrogen functional groups attached to an aromatic ring is 1. The lowest BCUT2D eigenvalue weighted by molar-refractivity contribution is -0.130. The lowest BCUT2D eigenvalue weighted by Crippen LogP contribution is -2.47. The van der Waals surface area contributed by atoms with Crippen LogP contribution in [0.4, 0.5) is 16.0 Å². The third-order valence-electron chi connectivity index (χ3n) is 6.63. The minimum Gasteiger partial charge on any atom is -0.383 e. The van der Waals surface area contributed by atoms with Crippen LogP contribution in [0.3, 0.4) is 0 Å². The summed E-state index contributed by atoms with van der Waals surface area (Å²) in [5, 5.41) is 7.78. The highest BCUT2D eigenvalue weighted by molar-refractivity contribution is 6.04. The number of carbonyl (C=O) groups is 2. The molecule has 0 bridgehead atoms. The van der Waals surface area contributed by atoms with E-state index in [-0.39, 0.29) is 40.6 Å². The van der Waals surface area contributed by atoms with E-state index in [1.54, 1.807) is 34.0 Å². The van der Waals surface area contributed by atoms with Gasteiger partial charge < -0.3 is 16.0 Å². The number of halogens is 1. The molecule has 1 unspecified atom stereocenters. The topological polar surface area (TPSA) is 132 Å². The maximum atomic E-state index is 15.4. The number of likely N-dealkylation sites (tertiary alicyclic amines) is 1. The summed E-state index contributed by atoms with van der Waals surface area (Å²) in [6.07, 6.45) is 5.69. The van der Waals surface area contributed by atoms with Crippen molar-refractivity contribution in [3.63, 3.8) is 0 Å². The smallest absolute Gasteiger partial charge is 0.256 e. The average Bonchev–Trinajstić information content (AvgIpc) is 3.29. The summed E-state index contributed by atoms with van der Waals surface area (Å²) < 4.78 is 17.2. The number of aromatic nitrogens is 5. The molecule has 11 heteroatoms. The molecule has 3 aromatic heterocycles. The molecule has 0 radical (unpaired) electrons. The van der Waals surface area contributed by atoms with Crippen molar-refractivity contribution in [3.05, 3.63) is 73.0 Å². The van der Waals surface area contributed by atoms with E-state index in [4.69, 9.17) is 10.8 Å². The van der Waals surface area contributed by atoms with Crippen molar-refractivity contribution in [1.82, 2.24) is 29.6 Å². The van der Waals surface area contributed by atoms with E-state index in [2.05, 4.69) is 26.8 Å². The fraction of sp³-hybridized carbons (Fsp3) is 0.231. The van der Waals surface area contributed by atoms with Crippen molar-refractivity contribution >= 4 is 34.5 Å². The summed E-state index contributed by atoms with van der Waals surface area (Å²) in [6.45, 7) is 6.16. The summed E-state index contributed by atoms with van der Waals surface area (Å²) in [5.41, 5.74) is 7.20. The molecule has 0 saturated carbocycles. The number of anilines is 2. The van der Waals surface area contributed by atoms with Crippen molar-refractivity contribution in [2.45, 2.75) is 31.8 Å². The van der Waals surface area contributed by atoms with Crippen LogP contribution in [0.25, 0.3) is 22.3 Å². The molecule has 3 N–H and O–H groups in total. The Labute approximate surface area is 212 Å². The van der Waals surface area contributed by atoms with Crippen LogP contribution in [0, 0.1) is 5.82 Å². The predicted octanol–water partition coefficient (Wildman–Crippen LogP) is 3.60. The van der Waals surface area contributed by atoms with Gasteiger partial charge in [-0.05, 0) is 56.2 Å². The van der Waals surface area contributed by atoms with Crippen LogP contribution in [-0.4, -0.2) is 54.0 Å². The zero-order valence-corrected chi connectivity index (χ0v) is 20.1. The molecule has 188 valence electrons. The number of nitrogens with two attached hydrogens (primary N) is 1. The van der Waals surface area contributed by atoms with E-state index in [0.717, 1.165) is 18.9 Å². The highest BCUT2D eigenvalue weighted by Crippen LogP contribution is 2.36. The van der Waals surface area contributed by atoms with Gasteiger partial charge in [-0.15, -0.1) is 0 Å². The quantitative estimate of drug-likeness (QED) is 0.400. The Morgan fingerprint density at radius 2 is 2.05 bits per heavy atom. The van der Waals surface area contributed by atoms with Gasteiger partial charge in [-0.2, -0.15) is 5.10 Å². The highest BCUT2D eigenvalue weighted by Gasteiger charge is 2.34. The number of rotatable bonds is 5. The minimum atomic E-state index is -0.649. The van der Waals surface area contributed by atoms with Crippen LogP contribution < -0.4 is 11.1 Å². The average molecular weight is 501 g/mol. The first-order chi connectivity index (χ1) is 17.9. The highest BCUT2D eigenvalue weighted by atomic mass is 19.1. The first-order valence-corrected chi connectivity index (χ1v) is 11.8. The second kappa shape index (κ2) is 9.76. The Morgan fingerprint density at radius 3 is 2.78 bits per heavy atom. The Balaban J connectivity index is 1.54. The van der Waals surface area contributed by atoms with Gasteiger partial charge in [-0.1, -0.05) is 12.6 Å². The van der Waals surface area contributed by atoms with E-state index in [0.29, 0.717) is 23.4 Å². The largest absolute Gasteiger partial charge is 0.383 e. The number of nitrogens with one attached hydrogen (secondary N) is 1. The molecule has 5 rings (SSSR count). The van der Waals surface area contributed by atoms with Crippen LogP contribution in [0.5, 0.6) is 0 Å². The Hall–Kier alpha value is -4.67. The van der Waals surface area contributed by atoms with Gasteiger partial charge in [0.2, 0.25) is 5.91 Å². The van der Waals surface area contributed by atoms with Crippen LogP contribution in [0.15, 0.2) is 61.6 Å². The van der Waals surface area contributed by atoms with Gasteiger partial charge in [-0.25, -0.2) is 24.0 Å². The third-order valence-corrected chi connectivity index (χ3v) is 6.63. The van der Waals surface area contributed by atoms with E-state index in [9.17, 15) is 9.59 Å². The maximum absolute atomic E-state index is 15.4. The second-order valence-corrected chi connectivity index (χ2v) is 8.80. The van der Waals surface area contributed by atoms with Gasteiger partial charge in [0, 0.05) is 23.9 Å². The number of fused-ring (bicyclic) bond motifs is 1. The molecule has 1 aliphatic rings. The number of benzene rings is 1. The summed E-state index contributed by atoms with van der Waals surface area (Å²) >= 11 is 0. The molecule has 4 heterocycles. The van der Waals surface area contributed by atoms with Gasteiger partial charge in [0.25, 0.3) is 5.91 Å². The molecule has 1 fully saturated rings. The molecule has 10 nitrogen and oxygen atoms in total. The molecule has 2 atom stereocenters. The SMILES string of the molecule is C=CC(=O)N1CCCC(n2nc(-c3ccc(C(=O)Nc4ccccn4)cc3F)c3c(N)ncnc32)[C@H]1C. The monoisotopic (exact) mass is 500 g/mol. The fourth-order valence-electron chi connectivity index (χ4n) is 4.77. The maximum Gasteiger partial charge on any atom is 0.256 e. The number of pyridine rings is 1. The Bertz CT molecular complexity index is 1500. The molecular formula is C26H25FN8O2. The van der Waals surface area contributed by atoms with E-state index >= 15 is 4.39 Å². The van der Waals surface area contributed by atoms with E-state index in [1.807, 2.05) is 6.92 Å². The molecule has 1 saturated heterocycles. The van der Waals surface area contributed by atoms with Crippen LogP contribution in [-0.2, 0) is 4.79 Å². The van der Waals surface area contributed by atoms with Gasteiger partial charge in [-0.3, -0.25) is 9.59 Å². The van der Waals surface area contributed by atoms with Crippen LogP contribution >= 0.6 is 0 Å². The first kappa shape index (κ1) is 24.0. The lowest BCUT2D eigenvalue weighted by atomic mass is 9.97. The molecule has 2 amide bonds. The van der Waals surface area contributed by atoms with Gasteiger partial charge in [0.05, 0.1) is 17.5 Å². The number of hydrogen-bond acceptors (Lipinski definition) is 7. The predicted molar refractivity (Wildman–Crippen MR) is 137 cm³/mol. The number of nitrogens with zero attached hydrogens (tertiary/aromatic N) is 6. The van der Waals surface area contributed by atoms with Crippen LogP contribution in [0.2, 0.25) is 0 Å². The standard InChI is InChI=1S/C26H25FN8O2/c1-3-21(36)34-12-6-7-19(15(34)2)35-25-22(24(28)30-14-31-25)23(33-35)17-10-9-16(13-18(17)27)26(37)32-20-8-4-5-11-29-20/h3-5,8-11,13-15,19H,1,6-7,12H2,2H3,(H2,28,30,31)(H,29,32,37)/t15-,19?/m1/s1. The second-order valence-electron chi connectivity index (χ2n) is 8.80. The molecule has 4 aromatic rings. The van der Waals surface area contributed by atoms with Crippen molar-refractivity contribution in [1.29, 1.82) is 0 Å². The van der Waals surface area contributed by atoms with Gasteiger partial charge >= 0.3 is 0 Å². The summed E-state index contributed by atoms with van der Waals surface area (Å²) in [6, 6.07) is 8.83. The number of carbonyl (C=O) groups excluding carboxylic acids is 2. The molecule has 1 aromatic carbocycles. The minimum absolute atomic E-state index is 0.124. The fourth-order valence-corrected chi connectivity index (χ4v) is 4.77. The molecular weight excluding hydrogens is 475 g/mol. The molecule has 0 spiro atoms.